The predicted octanol–water partition coefficient (Wildman–Crippen LogP) is 2.94. The molecule has 0 aromatic heterocycles. The molecule has 1 heterocycles. The van der Waals surface area contributed by atoms with Gasteiger partial charge in [0.15, 0.2) is 0 Å². The van der Waals surface area contributed by atoms with Crippen LogP contribution >= 0.6 is 0 Å². The molecule has 0 saturated carbocycles. The van der Waals surface area contributed by atoms with Crippen molar-refractivity contribution in [3.8, 4) is 0 Å². The number of halogens is 1. The summed E-state index contributed by atoms with van der Waals surface area (Å²) in [6.45, 7) is 8.22. The molecule has 0 spiro atoms. The monoisotopic (exact) mass is 280 g/mol. The van der Waals surface area contributed by atoms with E-state index in [0.717, 1.165) is 50.3 Å². The second-order valence-electron chi connectivity index (χ2n) is 5.40. The quantitative estimate of drug-likeness (QED) is 0.839. The van der Waals surface area contributed by atoms with Gasteiger partial charge >= 0.3 is 0 Å². The van der Waals surface area contributed by atoms with Crippen LogP contribution in [0.1, 0.15) is 32.3 Å². The summed E-state index contributed by atoms with van der Waals surface area (Å²) in [5, 5.41) is 3.30. The molecule has 2 rings (SSSR count). The summed E-state index contributed by atoms with van der Waals surface area (Å²) in [6.07, 6.45) is 2.23. The van der Waals surface area contributed by atoms with Gasteiger partial charge in [-0.1, -0.05) is 13.0 Å². The molecule has 3 nitrogen and oxygen atoms in total. The maximum atomic E-state index is 14.1. The molecule has 1 aliphatic rings. The highest BCUT2D eigenvalue weighted by Crippen LogP contribution is 2.25. The zero-order valence-corrected chi connectivity index (χ0v) is 12.5. The van der Waals surface area contributed by atoms with Crippen LogP contribution in [0.3, 0.4) is 0 Å². The van der Waals surface area contributed by atoms with Crippen molar-refractivity contribution in [3.05, 3.63) is 29.6 Å². The first-order valence-electron chi connectivity index (χ1n) is 7.57. The minimum atomic E-state index is -0.121. The van der Waals surface area contributed by atoms with Crippen molar-refractivity contribution in [1.82, 2.24) is 5.32 Å². The van der Waals surface area contributed by atoms with Gasteiger partial charge in [-0.3, -0.25) is 0 Å². The van der Waals surface area contributed by atoms with E-state index in [9.17, 15) is 4.39 Å². The number of benzene rings is 1. The van der Waals surface area contributed by atoms with Gasteiger partial charge < -0.3 is 15.0 Å². The van der Waals surface area contributed by atoms with Crippen LogP contribution in [-0.4, -0.2) is 32.3 Å². The number of ether oxygens (including phenoxy) is 1. The third-order valence-corrected chi connectivity index (χ3v) is 3.62. The molecular weight excluding hydrogens is 255 g/mol. The van der Waals surface area contributed by atoms with Gasteiger partial charge in [-0.25, -0.2) is 4.39 Å². The van der Waals surface area contributed by atoms with Crippen molar-refractivity contribution in [2.75, 3.05) is 31.1 Å². The van der Waals surface area contributed by atoms with Crippen molar-refractivity contribution >= 4 is 5.69 Å². The second kappa shape index (κ2) is 7.60. The van der Waals surface area contributed by atoms with Crippen LogP contribution in [0.2, 0.25) is 0 Å². The number of nitrogens with zero attached hydrogens (tertiary/aromatic N) is 1. The van der Waals surface area contributed by atoms with E-state index in [4.69, 9.17) is 4.74 Å². The van der Waals surface area contributed by atoms with E-state index in [-0.39, 0.29) is 11.9 Å². The molecule has 1 aromatic rings. The van der Waals surface area contributed by atoms with Crippen molar-refractivity contribution in [2.45, 2.75) is 39.3 Å². The van der Waals surface area contributed by atoms with Gasteiger partial charge in [0.25, 0.3) is 0 Å². The van der Waals surface area contributed by atoms with Gasteiger partial charge in [-0.15, -0.1) is 0 Å². The van der Waals surface area contributed by atoms with E-state index in [1.807, 2.05) is 6.07 Å². The van der Waals surface area contributed by atoms with E-state index in [1.54, 1.807) is 12.1 Å². The molecule has 0 bridgehead atoms. The van der Waals surface area contributed by atoms with Gasteiger partial charge in [-0.2, -0.15) is 0 Å². The fourth-order valence-corrected chi connectivity index (χ4v) is 2.62. The summed E-state index contributed by atoms with van der Waals surface area (Å²) in [5.41, 5.74) is 1.78. The molecule has 4 heteroatoms. The van der Waals surface area contributed by atoms with Crippen molar-refractivity contribution in [2.24, 2.45) is 0 Å². The van der Waals surface area contributed by atoms with Crippen LogP contribution in [0.4, 0.5) is 10.1 Å². The highest BCUT2D eigenvalue weighted by molar-refractivity contribution is 5.54. The third kappa shape index (κ3) is 3.93. The van der Waals surface area contributed by atoms with Crippen molar-refractivity contribution in [1.29, 1.82) is 0 Å². The van der Waals surface area contributed by atoms with Crippen molar-refractivity contribution < 1.29 is 9.13 Å². The summed E-state index contributed by atoms with van der Waals surface area (Å²) in [7, 11) is 0. The predicted molar refractivity (Wildman–Crippen MR) is 80.6 cm³/mol. The Morgan fingerprint density at radius 3 is 3.10 bits per heavy atom. The SMILES string of the molecule is CCCNCc1c(F)cccc1N1CCCOC(C)C1. The number of nitrogens with one attached hydrogen (secondary N) is 1. The topological polar surface area (TPSA) is 24.5 Å². The Labute approximate surface area is 121 Å². The largest absolute Gasteiger partial charge is 0.377 e. The molecule has 0 aliphatic carbocycles. The van der Waals surface area contributed by atoms with Crippen LogP contribution in [0.5, 0.6) is 0 Å². The summed E-state index contributed by atoms with van der Waals surface area (Å²) in [6, 6.07) is 5.36. The van der Waals surface area contributed by atoms with Crippen LogP contribution in [-0.2, 0) is 11.3 Å². The molecule has 0 amide bonds. The van der Waals surface area contributed by atoms with Gasteiger partial charge in [0, 0.05) is 37.5 Å². The lowest BCUT2D eigenvalue weighted by atomic mass is 10.1. The fourth-order valence-electron chi connectivity index (χ4n) is 2.62. The van der Waals surface area contributed by atoms with E-state index in [2.05, 4.69) is 24.1 Å². The number of hydrogen-bond acceptors (Lipinski definition) is 3. The van der Waals surface area contributed by atoms with Gasteiger partial charge in [0.05, 0.1) is 6.10 Å². The molecule has 1 N–H and O–H groups in total. The lowest BCUT2D eigenvalue weighted by molar-refractivity contribution is 0.0820. The molecule has 1 aliphatic heterocycles. The first kappa shape index (κ1) is 15.3. The summed E-state index contributed by atoms with van der Waals surface area (Å²) in [4.78, 5) is 2.25. The Morgan fingerprint density at radius 1 is 1.45 bits per heavy atom. The Balaban J connectivity index is 2.18. The molecule has 1 atom stereocenters. The molecule has 1 unspecified atom stereocenters. The van der Waals surface area contributed by atoms with Crippen LogP contribution < -0.4 is 10.2 Å². The smallest absolute Gasteiger partial charge is 0.129 e. The standard InChI is InChI=1S/C16H25FN2O/c1-3-8-18-11-14-15(17)6-4-7-16(14)19-9-5-10-20-13(2)12-19/h4,6-7,13,18H,3,5,8-12H2,1-2H3. The number of hydrogen-bond donors (Lipinski definition) is 1. The fraction of sp³-hybridized carbons (Fsp3) is 0.625. The normalized spacial score (nSPS) is 19.9. The van der Waals surface area contributed by atoms with Gasteiger partial charge in [0.1, 0.15) is 5.82 Å². The summed E-state index contributed by atoms with van der Waals surface area (Å²) < 4.78 is 19.8. The second-order valence-corrected chi connectivity index (χ2v) is 5.40. The lowest BCUT2D eigenvalue weighted by Gasteiger charge is -2.27. The van der Waals surface area contributed by atoms with Crippen LogP contribution in [0.15, 0.2) is 18.2 Å². The summed E-state index contributed by atoms with van der Waals surface area (Å²) in [5.74, 6) is -0.121. The van der Waals surface area contributed by atoms with Crippen LogP contribution in [0, 0.1) is 5.82 Å². The first-order chi connectivity index (χ1) is 9.72. The Hall–Kier alpha value is -1.13. The Bertz CT molecular complexity index is 425. The highest BCUT2D eigenvalue weighted by atomic mass is 19.1. The maximum absolute atomic E-state index is 14.1. The van der Waals surface area contributed by atoms with Gasteiger partial charge in [0.2, 0.25) is 0 Å². The molecule has 20 heavy (non-hydrogen) atoms. The first-order valence-corrected chi connectivity index (χ1v) is 7.57. The molecular formula is C16H25FN2O. The third-order valence-electron chi connectivity index (χ3n) is 3.62. The molecule has 1 aromatic carbocycles. The minimum Gasteiger partial charge on any atom is -0.377 e. The van der Waals surface area contributed by atoms with Gasteiger partial charge in [-0.05, 0) is 38.4 Å². The summed E-state index contributed by atoms with van der Waals surface area (Å²) >= 11 is 0. The molecule has 1 fully saturated rings. The highest BCUT2D eigenvalue weighted by Gasteiger charge is 2.19. The Morgan fingerprint density at radius 2 is 2.30 bits per heavy atom. The number of anilines is 1. The van der Waals surface area contributed by atoms with E-state index in [0.29, 0.717) is 6.54 Å². The van der Waals surface area contributed by atoms with Crippen LogP contribution in [0.25, 0.3) is 0 Å². The number of rotatable bonds is 5. The minimum absolute atomic E-state index is 0.121. The molecule has 0 radical (unpaired) electrons. The lowest BCUT2D eigenvalue weighted by Crippen LogP contribution is -2.31. The average Bonchev–Trinajstić information content (AvgIpc) is 2.65. The van der Waals surface area contributed by atoms with E-state index < -0.39 is 0 Å². The van der Waals surface area contributed by atoms with E-state index >= 15 is 0 Å². The van der Waals surface area contributed by atoms with Crippen molar-refractivity contribution in [3.63, 3.8) is 0 Å². The van der Waals surface area contributed by atoms with E-state index in [1.165, 1.54) is 0 Å². The Kier molecular flexibility index (Phi) is 5.80. The average molecular weight is 280 g/mol. The maximum Gasteiger partial charge on any atom is 0.129 e. The molecule has 1 saturated heterocycles. The zero-order chi connectivity index (χ0) is 14.4. The molecule has 112 valence electrons. The zero-order valence-electron chi connectivity index (χ0n) is 12.5.